The highest BCUT2D eigenvalue weighted by Gasteiger charge is 2.34. The van der Waals surface area contributed by atoms with Crippen molar-refractivity contribution in [3.8, 4) is 0 Å². The number of hydrogen-bond acceptors (Lipinski definition) is 2. The summed E-state index contributed by atoms with van der Waals surface area (Å²) in [5.41, 5.74) is 1.89. The van der Waals surface area contributed by atoms with Gasteiger partial charge in [-0.3, -0.25) is 0 Å². The van der Waals surface area contributed by atoms with E-state index in [1.165, 1.54) is 0 Å². The summed E-state index contributed by atoms with van der Waals surface area (Å²) in [6, 6.07) is 7.54. The largest absolute Gasteiger partial charge is 0.464 e. The molecule has 0 aliphatic carbocycles. The third kappa shape index (κ3) is 2.72. The molecule has 0 saturated carbocycles. The first kappa shape index (κ1) is 12.1. The van der Waals surface area contributed by atoms with Gasteiger partial charge in [-0.05, 0) is 26.3 Å². The highest BCUT2D eigenvalue weighted by atomic mass is 35.5. The highest BCUT2D eigenvalue weighted by molar-refractivity contribution is 6.33. The topological polar surface area (TPSA) is 26.3 Å². The Kier molecular flexibility index (Phi) is 3.75. The Hall–Kier alpha value is -1.02. The van der Waals surface area contributed by atoms with Crippen molar-refractivity contribution in [2.75, 3.05) is 6.61 Å². The summed E-state index contributed by atoms with van der Waals surface area (Å²) < 4.78 is 4.92. The summed E-state index contributed by atoms with van der Waals surface area (Å²) in [4.78, 5) is 10.5. The average molecular weight is 227 g/mol. The van der Waals surface area contributed by atoms with Gasteiger partial charge in [0, 0.05) is 0 Å². The molecule has 3 heteroatoms. The molecular weight excluding hydrogens is 212 g/mol. The minimum atomic E-state index is -1.09. The number of ether oxygens (including phenoxy) is 1. The van der Waals surface area contributed by atoms with Gasteiger partial charge in [-0.15, -0.1) is 11.6 Å². The molecule has 0 bridgehead atoms. The molecule has 1 rings (SSSR count). The predicted octanol–water partition coefficient (Wildman–Crippen LogP) is 3.01. The number of esters is 1. The lowest BCUT2D eigenvalue weighted by Crippen LogP contribution is -2.28. The number of aryl methyl sites for hydroxylation is 1. The lowest BCUT2D eigenvalue weighted by molar-refractivity contribution is -0.146. The van der Waals surface area contributed by atoms with Crippen LogP contribution in [-0.4, -0.2) is 12.6 Å². The number of benzene rings is 1. The maximum Gasteiger partial charge on any atom is 0.331 e. The standard InChI is InChI=1S/C12H15ClO2/c1-4-15-11(14)12(3,13)10-7-5-9(2)6-8-10/h5-8H,4H2,1-3H3. The zero-order chi connectivity index (χ0) is 11.5. The lowest BCUT2D eigenvalue weighted by Gasteiger charge is -2.20. The summed E-state index contributed by atoms with van der Waals surface area (Å²) in [5, 5.41) is 0. The average Bonchev–Trinajstić information content (AvgIpc) is 2.18. The lowest BCUT2D eigenvalue weighted by atomic mass is 9.99. The second-order valence-electron chi connectivity index (χ2n) is 3.59. The molecule has 0 saturated heterocycles. The van der Waals surface area contributed by atoms with E-state index in [4.69, 9.17) is 16.3 Å². The van der Waals surface area contributed by atoms with Gasteiger partial charge in [-0.25, -0.2) is 4.79 Å². The normalized spacial score (nSPS) is 14.4. The molecule has 1 unspecified atom stereocenters. The summed E-state index contributed by atoms with van der Waals surface area (Å²) in [6.07, 6.45) is 0. The van der Waals surface area contributed by atoms with E-state index >= 15 is 0 Å². The smallest absolute Gasteiger partial charge is 0.331 e. The SMILES string of the molecule is CCOC(=O)C(C)(Cl)c1ccc(C)cc1. The van der Waals surface area contributed by atoms with Crippen LogP contribution < -0.4 is 0 Å². The Morgan fingerprint density at radius 3 is 2.40 bits per heavy atom. The first-order valence-corrected chi connectivity index (χ1v) is 5.29. The quantitative estimate of drug-likeness (QED) is 0.585. The second-order valence-corrected chi connectivity index (χ2v) is 4.35. The van der Waals surface area contributed by atoms with Crippen LogP contribution in [0.1, 0.15) is 25.0 Å². The molecule has 0 amide bonds. The molecule has 0 aliphatic rings. The number of alkyl halides is 1. The Balaban J connectivity index is 2.94. The van der Waals surface area contributed by atoms with Gasteiger partial charge in [0.1, 0.15) is 0 Å². The van der Waals surface area contributed by atoms with Gasteiger partial charge in [-0.1, -0.05) is 29.8 Å². The van der Waals surface area contributed by atoms with Gasteiger partial charge in [0.05, 0.1) is 6.61 Å². The first-order valence-electron chi connectivity index (χ1n) is 4.91. The minimum Gasteiger partial charge on any atom is -0.464 e. The van der Waals surface area contributed by atoms with Crippen LogP contribution in [0.15, 0.2) is 24.3 Å². The van der Waals surface area contributed by atoms with E-state index in [-0.39, 0.29) is 0 Å². The van der Waals surface area contributed by atoms with Crippen LogP contribution in [0.3, 0.4) is 0 Å². The third-order valence-electron chi connectivity index (χ3n) is 2.25. The van der Waals surface area contributed by atoms with Crippen molar-refractivity contribution < 1.29 is 9.53 Å². The summed E-state index contributed by atoms with van der Waals surface area (Å²) in [6.45, 7) is 5.74. The molecule has 15 heavy (non-hydrogen) atoms. The molecule has 1 aromatic carbocycles. The molecule has 0 aliphatic heterocycles. The zero-order valence-electron chi connectivity index (χ0n) is 9.21. The number of hydrogen-bond donors (Lipinski definition) is 0. The molecule has 2 nitrogen and oxygen atoms in total. The third-order valence-corrected chi connectivity index (χ3v) is 2.62. The van der Waals surface area contributed by atoms with E-state index in [0.717, 1.165) is 11.1 Å². The Morgan fingerprint density at radius 1 is 1.40 bits per heavy atom. The summed E-state index contributed by atoms with van der Waals surface area (Å²) in [5.74, 6) is -0.407. The van der Waals surface area contributed by atoms with Crippen molar-refractivity contribution in [3.05, 3.63) is 35.4 Å². The fraction of sp³-hybridized carbons (Fsp3) is 0.417. The number of halogens is 1. The van der Waals surface area contributed by atoms with Crippen molar-refractivity contribution in [3.63, 3.8) is 0 Å². The van der Waals surface area contributed by atoms with E-state index in [1.807, 2.05) is 31.2 Å². The molecule has 0 heterocycles. The van der Waals surface area contributed by atoms with Crippen LogP contribution in [0, 0.1) is 6.92 Å². The Labute approximate surface area is 95.2 Å². The van der Waals surface area contributed by atoms with Crippen LogP contribution in [0.2, 0.25) is 0 Å². The van der Waals surface area contributed by atoms with E-state index in [0.29, 0.717) is 6.61 Å². The molecule has 0 N–H and O–H groups in total. The van der Waals surface area contributed by atoms with Crippen LogP contribution in [0.5, 0.6) is 0 Å². The molecule has 1 aromatic rings. The summed E-state index contributed by atoms with van der Waals surface area (Å²) >= 11 is 6.17. The van der Waals surface area contributed by atoms with Gasteiger partial charge in [0.15, 0.2) is 4.87 Å². The number of carbonyl (C=O) groups is 1. The second kappa shape index (κ2) is 4.67. The molecule has 1 atom stereocenters. The van der Waals surface area contributed by atoms with E-state index < -0.39 is 10.8 Å². The number of rotatable bonds is 3. The van der Waals surface area contributed by atoms with Crippen LogP contribution in [0.25, 0.3) is 0 Å². The van der Waals surface area contributed by atoms with Crippen LogP contribution in [-0.2, 0) is 14.4 Å². The maximum atomic E-state index is 11.6. The highest BCUT2D eigenvalue weighted by Crippen LogP contribution is 2.30. The van der Waals surface area contributed by atoms with Gasteiger partial charge in [-0.2, -0.15) is 0 Å². The number of carbonyl (C=O) groups excluding carboxylic acids is 1. The van der Waals surface area contributed by atoms with Crippen molar-refractivity contribution in [1.29, 1.82) is 0 Å². The van der Waals surface area contributed by atoms with Gasteiger partial charge < -0.3 is 4.74 Å². The van der Waals surface area contributed by atoms with E-state index in [1.54, 1.807) is 13.8 Å². The van der Waals surface area contributed by atoms with Crippen LogP contribution in [0.4, 0.5) is 0 Å². The van der Waals surface area contributed by atoms with Crippen molar-refractivity contribution in [1.82, 2.24) is 0 Å². The fourth-order valence-electron chi connectivity index (χ4n) is 1.25. The van der Waals surface area contributed by atoms with Crippen molar-refractivity contribution in [2.24, 2.45) is 0 Å². The Morgan fingerprint density at radius 2 is 1.93 bits per heavy atom. The minimum absolute atomic E-state index is 0.340. The molecular formula is C12H15ClO2. The van der Waals surface area contributed by atoms with E-state index in [9.17, 15) is 4.79 Å². The molecule has 0 spiro atoms. The van der Waals surface area contributed by atoms with Gasteiger partial charge in [0.2, 0.25) is 0 Å². The molecule has 0 aromatic heterocycles. The monoisotopic (exact) mass is 226 g/mol. The van der Waals surface area contributed by atoms with Gasteiger partial charge in [0.25, 0.3) is 0 Å². The molecule has 82 valence electrons. The van der Waals surface area contributed by atoms with Crippen molar-refractivity contribution >= 4 is 17.6 Å². The van der Waals surface area contributed by atoms with Gasteiger partial charge >= 0.3 is 5.97 Å². The predicted molar refractivity (Wildman–Crippen MR) is 61.0 cm³/mol. The maximum absolute atomic E-state index is 11.6. The van der Waals surface area contributed by atoms with Crippen molar-refractivity contribution in [2.45, 2.75) is 25.6 Å². The fourth-order valence-corrected chi connectivity index (χ4v) is 1.43. The molecule has 0 radical (unpaired) electrons. The summed E-state index contributed by atoms with van der Waals surface area (Å²) in [7, 11) is 0. The first-order chi connectivity index (χ1) is 6.98. The van der Waals surface area contributed by atoms with Crippen LogP contribution >= 0.6 is 11.6 Å². The molecule has 0 fully saturated rings. The zero-order valence-corrected chi connectivity index (χ0v) is 9.97. The Bertz CT molecular complexity index is 341. The van der Waals surface area contributed by atoms with E-state index in [2.05, 4.69) is 0 Å².